The van der Waals surface area contributed by atoms with Gasteiger partial charge in [-0.1, -0.05) is 24.3 Å². The molecule has 0 aliphatic carbocycles. The van der Waals surface area contributed by atoms with E-state index in [1.165, 1.54) is 0 Å². The van der Waals surface area contributed by atoms with Crippen LogP contribution in [0.2, 0.25) is 0 Å². The maximum Gasteiger partial charge on any atom is 0.411 e. The van der Waals surface area contributed by atoms with Crippen LogP contribution in [0, 0.1) is 6.92 Å². The quantitative estimate of drug-likeness (QED) is 0.843. The molecule has 0 bridgehead atoms. The van der Waals surface area contributed by atoms with Crippen molar-refractivity contribution in [2.45, 2.75) is 20.0 Å². The highest BCUT2D eigenvalue weighted by molar-refractivity contribution is 5.84. The first-order valence-corrected chi connectivity index (χ1v) is 5.15. The predicted octanol–water partition coefficient (Wildman–Crippen LogP) is 3.49. The Labute approximate surface area is 96.1 Å². The van der Waals surface area contributed by atoms with Crippen molar-refractivity contribution in [3.63, 3.8) is 0 Å². The minimum atomic E-state index is -0.435. The number of amides is 1. The van der Waals surface area contributed by atoms with Gasteiger partial charge in [0.15, 0.2) is 0 Å². The Morgan fingerprint density at radius 3 is 2.50 bits per heavy atom. The second kappa shape index (κ2) is 5.95. The topological polar surface area (TPSA) is 38.3 Å². The molecule has 0 aromatic heterocycles. The molecule has 16 heavy (non-hydrogen) atoms. The van der Waals surface area contributed by atoms with Crippen molar-refractivity contribution in [3.8, 4) is 0 Å². The van der Waals surface area contributed by atoms with E-state index in [9.17, 15) is 4.79 Å². The third-order valence-electron chi connectivity index (χ3n) is 1.81. The van der Waals surface area contributed by atoms with Crippen LogP contribution >= 0.6 is 0 Å². The Kier molecular flexibility index (Phi) is 4.58. The van der Waals surface area contributed by atoms with E-state index in [0.29, 0.717) is 5.69 Å². The molecule has 0 aliphatic heterocycles. The minimum Gasteiger partial charge on any atom is -0.447 e. The molecule has 0 saturated carbocycles. The molecule has 0 heterocycles. The Bertz CT molecular complexity index is 366. The van der Waals surface area contributed by atoms with Crippen LogP contribution in [0.25, 0.3) is 6.08 Å². The Balaban J connectivity index is 2.58. The maximum absolute atomic E-state index is 11.3. The molecular formula is C13H16NO2. The minimum absolute atomic E-state index is 0.117. The van der Waals surface area contributed by atoms with Crippen molar-refractivity contribution in [1.82, 2.24) is 0 Å². The number of hydrogen-bond acceptors (Lipinski definition) is 2. The summed E-state index contributed by atoms with van der Waals surface area (Å²) in [6, 6.07) is 7.42. The SMILES string of the molecule is [CH2]C=Cc1ccc(NC(=O)OC(C)C)cc1. The number of allylic oxidation sites excluding steroid dienone is 1. The molecule has 1 N–H and O–H groups in total. The average Bonchev–Trinajstić information content (AvgIpc) is 2.20. The van der Waals surface area contributed by atoms with E-state index in [1.54, 1.807) is 6.08 Å². The van der Waals surface area contributed by atoms with Gasteiger partial charge in [0.1, 0.15) is 0 Å². The zero-order chi connectivity index (χ0) is 12.0. The van der Waals surface area contributed by atoms with E-state index in [-0.39, 0.29) is 6.10 Å². The highest BCUT2D eigenvalue weighted by Crippen LogP contribution is 2.11. The van der Waals surface area contributed by atoms with Gasteiger partial charge in [0.25, 0.3) is 0 Å². The standard InChI is InChI=1S/C13H16NO2/c1-4-5-11-6-8-12(9-7-11)14-13(15)16-10(2)3/h4-10H,1H2,2-3H3,(H,14,15). The fraction of sp³-hybridized carbons (Fsp3) is 0.231. The molecule has 0 unspecified atom stereocenters. The molecule has 0 spiro atoms. The second-order valence-electron chi connectivity index (χ2n) is 3.60. The third-order valence-corrected chi connectivity index (χ3v) is 1.81. The lowest BCUT2D eigenvalue weighted by atomic mass is 10.2. The van der Waals surface area contributed by atoms with Gasteiger partial charge in [-0.3, -0.25) is 5.32 Å². The van der Waals surface area contributed by atoms with E-state index in [0.717, 1.165) is 5.56 Å². The number of rotatable bonds is 3. The van der Waals surface area contributed by atoms with Crippen molar-refractivity contribution in [1.29, 1.82) is 0 Å². The molecule has 1 radical (unpaired) electrons. The average molecular weight is 218 g/mol. The molecule has 0 atom stereocenters. The molecule has 1 aromatic rings. The van der Waals surface area contributed by atoms with Gasteiger partial charge in [0, 0.05) is 5.69 Å². The monoisotopic (exact) mass is 218 g/mol. The van der Waals surface area contributed by atoms with Gasteiger partial charge in [-0.15, -0.1) is 0 Å². The number of benzene rings is 1. The van der Waals surface area contributed by atoms with Gasteiger partial charge in [-0.25, -0.2) is 4.79 Å². The van der Waals surface area contributed by atoms with Crippen LogP contribution in [0.4, 0.5) is 10.5 Å². The van der Waals surface area contributed by atoms with Crippen LogP contribution in [0.3, 0.4) is 0 Å². The first-order chi connectivity index (χ1) is 7.61. The summed E-state index contributed by atoms with van der Waals surface area (Å²) in [4.78, 5) is 11.3. The predicted molar refractivity (Wildman–Crippen MR) is 66.1 cm³/mol. The summed E-state index contributed by atoms with van der Waals surface area (Å²) in [6.45, 7) is 7.23. The fourth-order valence-electron chi connectivity index (χ4n) is 1.18. The lowest BCUT2D eigenvalue weighted by Gasteiger charge is -2.09. The van der Waals surface area contributed by atoms with Gasteiger partial charge in [0.2, 0.25) is 0 Å². The van der Waals surface area contributed by atoms with Crippen molar-refractivity contribution < 1.29 is 9.53 Å². The molecule has 0 saturated heterocycles. The van der Waals surface area contributed by atoms with Crippen LogP contribution in [0.5, 0.6) is 0 Å². The first-order valence-electron chi connectivity index (χ1n) is 5.15. The van der Waals surface area contributed by atoms with Crippen LogP contribution in [-0.4, -0.2) is 12.2 Å². The smallest absolute Gasteiger partial charge is 0.411 e. The second-order valence-corrected chi connectivity index (χ2v) is 3.60. The molecule has 85 valence electrons. The summed E-state index contributed by atoms with van der Waals surface area (Å²) in [5, 5.41) is 2.64. The number of hydrogen-bond donors (Lipinski definition) is 1. The summed E-state index contributed by atoms with van der Waals surface area (Å²) in [5.41, 5.74) is 1.75. The van der Waals surface area contributed by atoms with E-state index in [2.05, 4.69) is 12.2 Å². The van der Waals surface area contributed by atoms with Crippen LogP contribution in [0.1, 0.15) is 19.4 Å². The van der Waals surface area contributed by atoms with Crippen LogP contribution in [0.15, 0.2) is 30.3 Å². The zero-order valence-corrected chi connectivity index (χ0v) is 9.57. The van der Waals surface area contributed by atoms with E-state index in [4.69, 9.17) is 4.74 Å². The fourth-order valence-corrected chi connectivity index (χ4v) is 1.18. The molecule has 0 aliphatic rings. The molecule has 1 aromatic carbocycles. The third kappa shape index (κ3) is 4.17. The number of carbonyl (C=O) groups excluding carboxylic acids is 1. The number of ether oxygens (including phenoxy) is 1. The largest absolute Gasteiger partial charge is 0.447 e. The van der Waals surface area contributed by atoms with Crippen LogP contribution < -0.4 is 5.32 Å². The number of anilines is 1. The van der Waals surface area contributed by atoms with Gasteiger partial charge >= 0.3 is 6.09 Å². The highest BCUT2D eigenvalue weighted by Gasteiger charge is 2.04. The Morgan fingerprint density at radius 1 is 1.38 bits per heavy atom. The molecule has 1 amide bonds. The van der Waals surface area contributed by atoms with Gasteiger partial charge < -0.3 is 4.74 Å². The van der Waals surface area contributed by atoms with Gasteiger partial charge in [-0.2, -0.15) is 0 Å². The summed E-state index contributed by atoms with van der Waals surface area (Å²) in [7, 11) is 0. The normalized spacial score (nSPS) is 10.8. The Morgan fingerprint density at radius 2 is 2.00 bits per heavy atom. The van der Waals surface area contributed by atoms with E-state index < -0.39 is 6.09 Å². The van der Waals surface area contributed by atoms with Crippen molar-refractivity contribution >= 4 is 17.9 Å². The maximum atomic E-state index is 11.3. The number of carbonyl (C=O) groups is 1. The summed E-state index contributed by atoms with van der Waals surface area (Å²) < 4.78 is 4.96. The van der Waals surface area contributed by atoms with Gasteiger partial charge in [0.05, 0.1) is 6.10 Å². The Hall–Kier alpha value is -1.77. The summed E-state index contributed by atoms with van der Waals surface area (Å²) in [5.74, 6) is 0. The van der Waals surface area contributed by atoms with Crippen molar-refractivity contribution in [3.05, 3.63) is 42.8 Å². The molecule has 3 nitrogen and oxygen atoms in total. The number of nitrogens with one attached hydrogen (secondary N) is 1. The van der Waals surface area contributed by atoms with E-state index in [1.807, 2.05) is 44.2 Å². The highest BCUT2D eigenvalue weighted by atomic mass is 16.6. The summed E-state index contributed by atoms with van der Waals surface area (Å²) in [6.07, 6.45) is 3.05. The molecule has 3 heteroatoms. The molecular weight excluding hydrogens is 202 g/mol. The molecule has 1 rings (SSSR count). The lowest BCUT2D eigenvalue weighted by Crippen LogP contribution is -2.17. The van der Waals surface area contributed by atoms with E-state index >= 15 is 0 Å². The zero-order valence-electron chi connectivity index (χ0n) is 9.57. The van der Waals surface area contributed by atoms with Crippen molar-refractivity contribution in [2.24, 2.45) is 0 Å². The lowest BCUT2D eigenvalue weighted by molar-refractivity contribution is 0.130. The first kappa shape index (κ1) is 12.3. The van der Waals surface area contributed by atoms with Crippen LogP contribution in [-0.2, 0) is 4.74 Å². The molecule has 0 fully saturated rings. The summed E-state index contributed by atoms with van der Waals surface area (Å²) >= 11 is 0. The van der Waals surface area contributed by atoms with Gasteiger partial charge in [-0.05, 0) is 38.5 Å². The van der Waals surface area contributed by atoms with Crippen molar-refractivity contribution in [2.75, 3.05) is 5.32 Å².